The van der Waals surface area contributed by atoms with Crippen molar-refractivity contribution in [1.29, 1.82) is 0 Å². The third-order valence-electron chi connectivity index (χ3n) is 3.08. The van der Waals surface area contributed by atoms with E-state index in [4.69, 9.17) is 14.3 Å². The first-order valence-corrected chi connectivity index (χ1v) is 5.83. The Morgan fingerprint density at radius 2 is 2.53 bits per heavy atom. The molecule has 5 nitrogen and oxygen atoms in total. The zero-order valence-corrected chi connectivity index (χ0v) is 9.81. The summed E-state index contributed by atoms with van der Waals surface area (Å²) < 4.78 is 10.5. The summed E-state index contributed by atoms with van der Waals surface area (Å²) in [7, 11) is 0. The number of ether oxygens (including phenoxy) is 1. The molecule has 2 N–H and O–H groups in total. The smallest absolute Gasteiger partial charge is 0.372 e. The fraction of sp³-hybridized carbons (Fsp3) is 0.583. The minimum Gasteiger partial charge on any atom is -0.475 e. The van der Waals surface area contributed by atoms with Gasteiger partial charge in [-0.05, 0) is 25.8 Å². The number of nitrogens with one attached hydrogen (secondary N) is 1. The molecule has 1 aromatic rings. The third-order valence-corrected chi connectivity index (χ3v) is 3.08. The standard InChI is InChI=1S/C12H17NO4/c1-8(10-3-2-5-16-10)13-7-9-4-6-17-11(9)12(14)15/h4,6,8,10,13H,2-3,5,7H2,1H3,(H,14,15). The maximum atomic E-state index is 10.8. The van der Waals surface area contributed by atoms with E-state index in [0.717, 1.165) is 19.4 Å². The minimum absolute atomic E-state index is 0.0111. The number of carbonyl (C=O) groups is 1. The van der Waals surface area contributed by atoms with E-state index in [0.29, 0.717) is 12.1 Å². The van der Waals surface area contributed by atoms with Crippen LogP contribution in [0.3, 0.4) is 0 Å². The number of hydrogen-bond donors (Lipinski definition) is 2. The van der Waals surface area contributed by atoms with Crippen LogP contribution < -0.4 is 5.32 Å². The normalized spacial score (nSPS) is 21.6. The molecule has 17 heavy (non-hydrogen) atoms. The van der Waals surface area contributed by atoms with Crippen LogP contribution in [-0.4, -0.2) is 29.8 Å². The van der Waals surface area contributed by atoms with E-state index in [2.05, 4.69) is 12.2 Å². The lowest BCUT2D eigenvalue weighted by Crippen LogP contribution is -2.36. The summed E-state index contributed by atoms with van der Waals surface area (Å²) in [5.74, 6) is -1.02. The van der Waals surface area contributed by atoms with Gasteiger partial charge in [0.25, 0.3) is 0 Å². The molecular weight excluding hydrogens is 222 g/mol. The van der Waals surface area contributed by atoms with Gasteiger partial charge in [-0.2, -0.15) is 0 Å². The Bertz CT molecular complexity index is 382. The highest BCUT2D eigenvalue weighted by molar-refractivity contribution is 5.86. The zero-order valence-electron chi connectivity index (χ0n) is 9.81. The first-order valence-electron chi connectivity index (χ1n) is 5.83. The van der Waals surface area contributed by atoms with Gasteiger partial charge >= 0.3 is 5.97 Å². The Morgan fingerprint density at radius 3 is 3.18 bits per heavy atom. The van der Waals surface area contributed by atoms with Crippen molar-refractivity contribution in [2.75, 3.05) is 6.61 Å². The summed E-state index contributed by atoms with van der Waals surface area (Å²) in [5.41, 5.74) is 0.669. The molecule has 1 aromatic heterocycles. The molecule has 94 valence electrons. The van der Waals surface area contributed by atoms with E-state index in [1.807, 2.05) is 0 Å². The number of aromatic carboxylic acids is 1. The van der Waals surface area contributed by atoms with Crippen LogP contribution in [-0.2, 0) is 11.3 Å². The van der Waals surface area contributed by atoms with Gasteiger partial charge in [0.1, 0.15) is 0 Å². The SMILES string of the molecule is CC(NCc1ccoc1C(=O)O)C1CCCO1. The summed E-state index contributed by atoms with van der Waals surface area (Å²) in [6.07, 6.45) is 3.79. The highest BCUT2D eigenvalue weighted by Crippen LogP contribution is 2.16. The molecule has 0 spiro atoms. The maximum absolute atomic E-state index is 10.8. The molecule has 0 aromatic carbocycles. The van der Waals surface area contributed by atoms with Crippen molar-refractivity contribution >= 4 is 5.97 Å². The van der Waals surface area contributed by atoms with Crippen molar-refractivity contribution in [3.05, 3.63) is 23.7 Å². The topological polar surface area (TPSA) is 71.7 Å². The maximum Gasteiger partial charge on any atom is 0.372 e. The first-order chi connectivity index (χ1) is 8.18. The molecule has 2 unspecified atom stereocenters. The largest absolute Gasteiger partial charge is 0.475 e. The monoisotopic (exact) mass is 239 g/mol. The third kappa shape index (κ3) is 2.87. The van der Waals surface area contributed by atoms with Gasteiger partial charge in [0.05, 0.1) is 12.4 Å². The Labute approximate surface area is 99.8 Å². The summed E-state index contributed by atoms with van der Waals surface area (Å²) in [4.78, 5) is 10.8. The first kappa shape index (κ1) is 12.1. The summed E-state index contributed by atoms with van der Waals surface area (Å²) in [5, 5.41) is 12.2. The number of carboxylic acids is 1. The van der Waals surface area contributed by atoms with E-state index in [-0.39, 0.29) is 17.9 Å². The van der Waals surface area contributed by atoms with Crippen LogP contribution >= 0.6 is 0 Å². The molecule has 1 aliphatic heterocycles. The van der Waals surface area contributed by atoms with Crippen molar-refractivity contribution in [3.8, 4) is 0 Å². The predicted molar refractivity (Wildman–Crippen MR) is 60.9 cm³/mol. The van der Waals surface area contributed by atoms with Gasteiger partial charge in [-0.15, -0.1) is 0 Å². The van der Waals surface area contributed by atoms with Crippen molar-refractivity contribution in [1.82, 2.24) is 5.32 Å². The van der Waals surface area contributed by atoms with Gasteiger partial charge < -0.3 is 19.6 Å². The molecule has 0 saturated carbocycles. The Kier molecular flexibility index (Phi) is 3.81. The van der Waals surface area contributed by atoms with E-state index in [1.165, 1.54) is 6.26 Å². The molecule has 0 radical (unpaired) electrons. The fourth-order valence-electron chi connectivity index (χ4n) is 2.06. The van der Waals surface area contributed by atoms with Crippen LogP contribution in [0.25, 0.3) is 0 Å². The van der Waals surface area contributed by atoms with Crippen LogP contribution in [0.15, 0.2) is 16.7 Å². The average Bonchev–Trinajstić information content (AvgIpc) is 2.96. The second-order valence-electron chi connectivity index (χ2n) is 4.30. The van der Waals surface area contributed by atoms with Crippen molar-refractivity contribution < 1.29 is 19.1 Å². The van der Waals surface area contributed by atoms with Crippen LogP contribution in [0.2, 0.25) is 0 Å². The quantitative estimate of drug-likeness (QED) is 0.817. The minimum atomic E-state index is -1.03. The van der Waals surface area contributed by atoms with Gasteiger partial charge in [0.2, 0.25) is 5.76 Å². The molecule has 2 atom stereocenters. The van der Waals surface area contributed by atoms with Crippen molar-refractivity contribution in [3.63, 3.8) is 0 Å². The molecule has 1 fully saturated rings. The Balaban J connectivity index is 1.88. The lowest BCUT2D eigenvalue weighted by molar-refractivity contribution is 0.0659. The fourth-order valence-corrected chi connectivity index (χ4v) is 2.06. The Morgan fingerprint density at radius 1 is 1.71 bits per heavy atom. The highest BCUT2D eigenvalue weighted by Gasteiger charge is 2.22. The molecule has 0 bridgehead atoms. The molecule has 2 rings (SSSR count). The molecular formula is C12H17NO4. The lowest BCUT2D eigenvalue weighted by atomic mass is 10.1. The predicted octanol–water partition coefficient (Wildman–Crippen LogP) is 1.63. The molecule has 1 aliphatic rings. The van der Waals surface area contributed by atoms with Crippen LogP contribution in [0.4, 0.5) is 0 Å². The van der Waals surface area contributed by atoms with Crippen LogP contribution in [0.5, 0.6) is 0 Å². The van der Waals surface area contributed by atoms with Gasteiger partial charge in [0.15, 0.2) is 0 Å². The van der Waals surface area contributed by atoms with Gasteiger partial charge in [-0.3, -0.25) is 0 Å². The van der Waals surface area contributed by atoms with E-state index in [9.17, 15) is 4.79 Å². The van der Waals surface area contributed by atoms with E-state index >= 15 is 0 Å². The number of furan rings is 1. The number of carboxylic acid groups (broad SMARTS) is 1. The van der Waals surface area contributed by atoms with E-state index < -0.39 is 5.97 Å². The molecule has 0 amide bonds. The molecule has 5 heteroatoms. The van der Waals surface area contributed by atoms with Crippen molar-refractivity contribution in [2.24, 2.45) is 0 Å². The summed E-state index contributed by atoms with van der Waals surface area (Å²) >= 11 is 0. The second kappa shape index (κ2) is 5.33. The summed E-state index contributed by atoms with van der Waals surface area (Å²) in [6, 6.07) is 1.90. The second-order valence-corrected chi connectivity index (χ2v) is 4.30. The summed E-state index contributed by atoms with van der Waals surface area (Å²) in [6.45, 7) is 3.36. The van der Waals surface area contributed by atoms with E-state index in [1.54, 1.807) is 6.07 Å². The zero-order chi connectivity index (χ0) is 12.3. The molecule has 2 heterocycles. The van der Waals surface area contributed by atoms with Crippen LogP contribution in [0.1, 0.15) is 35.9 Å². The molecule has 0 aliphatic carbocycles. The Hall–Kier alpha value is -1.33. The van der Waals surface area contributed by atoms with Crippen molar-refractivity contribution in [2.45, 2.75) is 38.5 Å². The molecule has 1 saturated heterocycles. The number of hydrogen-bond acceptors (Lipinski definition) is 4. The van der Waals surface area contributed by atoms with Gasteiger partial charge in [-0.1, -0.05) is 0 Å². The lowest BCUT2D eigenvalue weighted by Gasteiger charge is -2.19. The highest BCUT2D eigenvalue weighted by atomic mass is 16.5. The number of rotatable bonds is 5. The van der Waals surface area contributed by atoms with Crippen LogP contribution in [0, 0.1) is 0 Å². The van der Waals surface area contributed by atoms with Gasteiger partial charge in [0, 0.05) is 24.8 Å². The van der Waals surface area contributed by atoms with Gasteiger partial charge in [-0.25, -0.2) is 4.79 Å². The average molecular weight is 239 g/mol.